The lowest BCUT2D eigenvalue weighted by Crippen LogP contribution is -2.40. The maximum atomic E-state index is 13.2. The van der Waals surface area contributed by atoms with Gasteiger partial charge in [0.05, 0.1) is 22.5 Å². The zero-order chi connectivity index (χ0) is 22.6. The second kappa shape index (κ2) is 6.95. The number of amides is 1. The molecule has 5 rings (SSSR count). The first kappa shape index (κ1) is 19.8. The second-order valence-corrected chi connectivity index (χ2v) is 8.83. The molecule has 1 aliphatic rings. The number of benzene rings is 1. The first-order chi connectivity index (χ1) is 15.2. The van der Waals surface area contributed by atoms with Crippen LogP contribution in [0.4, 0.5) is 0 Å². The summed E-state index contributed by atoms with van der Waals surface area (Å²) in [6.45, 7) is 5.72. The molecule has 7 heteroatoms. The minimum Gasteiger partial charge on any atom is -0.351 e. The maximum absolute atomic E-state index is 13.2. The minimum atomic E-state index is -0.379. The van der Waals surface area contributed by atoms with E-state index in [-0.39, 0.29) is 28.7 Å². The van der Waals surface area contributed by atoms with Gasteiger partial charge in [-0.25, -0.2) is 4.98 Å². The predicted octanol–water partition coefficient (Wildman–Crippen LogP) is 3.93. The van der Waals surface area contributed by atoms with E-state index in [0.29, 0.717) is 39.0 Å². The third-order valence-corrected chi connectivity index (χ3v) is 5.33. The van der Waals surface area contributed by atoms with Crippen LogP contribution in [0, 0.1) is 0 Å². The van der Waals surface area contributed by atoms with Crippen LogP contribution in [-0.2, 0) is 0 Å². The third kappa shape index (κ3) is 3.19. The smallest absolute Gasteiger partial charge is 0.270 e. The Morgan fingerprint density at radius 2 is 1.81 bits per heavy atom. The molecule has 1 aliphatic carbocycles. The number of hydrogen-bond acceptors (Lipinski definition) is 5. The molecule has 0 bridgehead atoms. The highest BCUT2D eigenvalue weighted by Gasteiger charge is 2.33. The summed E-state index contributed by atoms with van der Waals surface area (Å²) in [6.07, 6.45) is 2.93. The Bertz CT molecular complexity index is 1440. The van der Waals surface area contributed by atoms with Crippen LogP contribution in [0.3, 0.4) is 0 Å². The molecule has 0 fully saturated rings. The minimum absolute atomic E-state index is 0.228. The van der Waals surface area contributed by atoms with Crippen molar-refractivity contribution in [3.63, 3.8) is 0 Å². The van der Waals surface area contributed by atoms with Crippen molar-refractivity contribution in [3.05, 3.63) is 82.9 Å². The largest absolute Gasteiger partial charge is 0.351 e. The SMILES string of the molecule is CC(C)(C)NC(=O)c1cccc(-c2ccc3[nH]c4c(c3c2)C(=O)c2cnccc2C4=O)n1. The number of nitrogens with one attached hydrogen (secondary N) is 2. The number of hydrogen-bond donors (Lipinski definition) is 2. The van der Waals surface area contributed by atoms with E-state index in [1.165, 1.54) is 12.4 Å². The highest BCUT2D eigenvalue weighted by atomic mass is 16.2. The Hall–Kier alpha value is -4.13. The Labute approximate surface area is 183 Å². The van der Waals surface area contributed by atoms with Crippen LogP contribution in [-0.4, -0.2) is 38.0 Å². The van der Waals surface area contributed by atoms with Crippen molar-refractivity contribution in [2.45, 2.75) is 26.3 Å². The van der Waals surface area contributed by atoms with E-state index in [1.807, 2.05) is 39.0 Å². The predicted molar refractivity (Wildman–Crippen MR) is 120 cm³/mol. The molecule has 4 aromatic rings. The van der Waals surface area contributed by atoms with E-state index in [0.717, 1.165) is 5.56 Å². The van der Waals surface area contributed by atoms with Crippen LogP contribution in [0.1, 0.15) is 63.2 Å². The van der Waals surface area contributed by atoms with Crippen LogP contribution in [0.2, 0.25) is 0 Å². The number of aromatic nitrogens is 3. The van der Waals surface area contributed by atoms with Gasteiger partial charge in [0.2, 0.25) is 5.78 Å². The fraction of sp³-hybridized carbons (Fsp3) is 0.160. The molecule has 0 saturated heterocycles. The van der Waals surface area contributed by atoms with Crippen molar-refractivity contribution in [2.24, 2.45) is 0 Å². The second-order valence-electron chi connectivity index (χ2n) is 8.83. The quantitative estimate of drug-likeness (QED) is 0.447. The highest BCUT2D eigenvalue weighted by Crippen LogP contribution is 2.34. The fourth-order valence-corrected chi connectivity index (χ4v) is 3.93. The van der Waals surface area contributed by atoms with Gasteiger partial charge in [0, 0.05) is 40.0 Å². The van der Waals surface area contributed by atoms with E-state index >= 15 is 0 Å². The number of fused-ring (bicyclic) bond motifs is 4. The summed E-state index contributed by atoms with van der Waals surface area (Å²) in [6, 6.07) is 12.3. The zero-order valence-corrected chi connectivity index (χ0v) is 17.8. The van der Waals surface area contributed by atoms with Gasteiger partial charge in [-0.15, -0.1) is 0 Å². The lowest BCUT2D eigenvalue weighted by Gasteiger charge is -2.20. The van der Waals surface area contributed by atoms with Gasteiger partial charge in [0.25, 0.3) is 5.91 Å². The summed E-state index contributed by atoms with van der Waals surface area (Å²) in [5, 5.41) is 3.54. The van der Waals surface area contributed by atoms with Crippen molar-refractivity contribution in [3.8, 4) is 11.3 Å². The molecule has 0 radical (unpaired) electrons. The summed E-state index contributed by atoms with van der Waals surface area (Å²) in [4.78, 5) is 50.3. The van der Waals surface area contributed by atoms with E-state index in [4.69, 9.17) is 0 Å². The Kier molecular flexibility index (Phi) is 4.30. The van der Waals surface area contributed by atoms with Crippen LogP contribution in [0.15, 0.2) is 54.9 Å². The molecule has 0 saturated carbocycles. The number of nitrogens with zero attached hydrogens (tertiary/aromatic N) is 2. The fourth-order valence-electron chi connectivity index (χ4n) is 3.93. The van der Waals surface area contributed by atoms with E-state index in [1.54, 1.807) is 24.3 Å². The molecule has 32 heavy (non-hydrogen) atoms. The summed E-state index contributed by atoms with van der Waals surface area (Å²) in [5.74, 6) is -0.726. The average molecular weight is 424 g/mol. The average Bonchev–Trinajstić information content (AvgIpc) is 3.16. The number of pyridine rings is 2. The normalized spacial score (nSPS) is 13.1. The Balaban J connectivity index is 1.60. The molecule has 2 N–H and O–H groups in total. The Morgan fingerprint density at radius 3 is 2.59 bits per heavy atom. The number of aromatic amines is 1. The molecular weight excluding hydrogens is 404 g/mol. The first-order valence-electron chi connectivity index (χ1n) is 10.2. The van der Waals surface area contributed by atoms with Gasteiger partial charge in [-0.2, -0.15) is 0 Å². The van der Waals surface area contributed by atoms with Crippen LogP contribution in [0.5, 0.6) is 0 Å². The van der Waals surface area contributed by atoms with Crippen LogP contribution < -0.4 is 5.32 Å². The lowest BCUT2D eigenvalue weighted by molar-refractivity contribution is 0.0913. The number of carbonyl (C=O) groups excluding carboxylic acids is 3. The standard InChI is InChI=1S/C25H20N4O3/c1-25(2,3)29-24(32)19-6-4-5-17(27-19)13-7-8-18-15(11-13)20-21(28-18)23(31)14-9-10-26-12-16(14)22(20)30/h4-12,28H,1-3H3,(H,29,32). The highest BCUT2D eigenvalue weighted by molar-refractivity contribution is 6.32. The van der Waals surface area contributed by atoms with Crippen LogP contribution >= 0.6 is 0 Å². The topological polar surface area (TPSA) is 105 Å². The van der Waals surface area contributed by atoms with Crippen molar-refractivity contribution in [1.82, 2.24) is 20.3 Å². The van der Waals surface area contributed by atoms with Gasteiger partial charge in [-0.1, -0.05) is 12.1 Å². The van der Waals surface area contributed by atoms with Crippen molar-refractivity contribution in [2.75, 3.05) is 0 Å². The van der Waals surface area contributed by atoms with E-state index in [9.17, 15) is 14.4 Å². The summed E-state index contributed by atoms with van der Waals surface area (Å²) < 4.78 is 0. The summed E-state index contributed by atoms with van der Waals surface area (Å²) in [5.41, 5.74) is 3.22. The van der Waals surface area contributed by atoms with Crippen molar-refractivity contribution in [1.29, 1.82) is 0 Å². The first-order valence-corrected chi connectivity index (χ1v) is 10.2. The van der Waals surface area contributed by atoms with Crippen LogP contribution in [0.25, 0.3) is 22.2 Å². The van der Waals surface area contributed by atoms with Gasteiger partial charge in [0.1, 0.15) is 5.69 Å². The number of carbonyl (C=O) groups is 3. The van der Waals surface area contributed by atoms with Gasteiger partial charge in [-0.05, 0) is 51.1 Å². The van der Waals surface area contributed by atoms with Crippen molar-refractivity contribution >= 4 is 28.4 Å². The molecule has 1 aromatic carbocycles. The summed E-state index contributed by atoms with van der Waals surface area (Å²) in [7, 11) is 0. The maximum Gasteiger partial charge on any atom is 0.270 e. The molecule has 3 heterocycles. The number of H-pyrrole nitrogens is 1. The van der Waals surface area contributed by atoms with Gasteiger partial charge in [0.15, 0.2) is 5.78 Å². The van der Waals surface area contributed by atoms with Crippen molar-refractivity contribution < 1.29 is 14.4 Å². The molecule has 0 atom stereocenters. The lowest BCUT2D eigenvalue weighted by atomic mass is 9.88. The Morgan fingerprint density at radius 1 is 1.00 bits per heavy atom. The molecular formula is C25H20N4O3. The molecule has 158 valence electrons. The van der Waals surface area contributed by atoms with Gasteiger partial charge in [-0.3, -0.25) is 19.4 Å². The zero-order valence-electron chi connectivity index (χ0n) is 17.8. The third-order valence-electron chi connectivity index (χ3n) is 5.33. The van der Waals surface area contributed by atoms with Gasteiger partial charge < -0.3 is 10.3 Å². The monoisotopic (exact) mass is 424 g/mol. The molecule has 0 unspecified atom stereocenters. The van der Waals surface area contributed by atoms with E-state index < -0.39 is 0 Å². The molecule has 0 spiro atoms. The summed E-state index contributed by atoms with van der Waals surface area (Å²) >= 11 is 0. The molecule has 7 nitrogen and oxygen atoms in total. The number of rotatable bonds is 2. The molecule has 3 aromatic heterocycles. The van der Waals surface area contributed by atoms with Gasteiger partial charge >= 0.3 is 0 Å². The molecule has 1 amide bonds. The molecule has 0 aliphatic heterocycles. The number of ketones is 2. The van der Waals surface area contributed by atoms with E-state index in [2.05, 4.69) is 20.3 Å².